The van der Waals surface area contributed by atoms with Crippen molar-refractivity contribution in [2.75, 3.05) is 6.61 Å². The Balaban J connectivity index is 2.00. The number of nitrogens with zero attached hydrogens (tertiary/aromatic N) is 3. The normalized spacial score (nSPS) is 25.6. The number of aliphatic hydroxyl groups is 1. The molecular formula is C10H15N3O3. The van der Waals surface area contributed by atoms with Gasteiger partial charge in [0.05, 0.1) is 11.0 Å². The number of hydrogen-bond acceptors (Lipinski definition) is 4. The van der Waals surface area contributed by atoms with E-state index in [0.717, 1.165) is 25.7 Å². The molecule has 0 aliphatic heterocycles. The van der Waals surface area contributed by atoms with Crippen molar-refractivity contribution in [2.45, 2.75) is 31.7 Å². The molecule has 0 bridgehead atoms. The van der Waals surface area contributed by atoms with Crippen LogP contribution < -0.4 is 0 Å². The lowest BCUT2D eigenvalue weighted by atomic mass is 9.87. The van der Waals surface area contributed by atoms with Crippen molar-refractivity contribution < 1.29 is 10.0 Å². The second-order valence-corrected chi connectivity index (χ2v) is 4.29. The zero-order valence-electron chi connectivity index (χ0n) is 8.95. The van der Waals surface area contributed by atoms with E-state index in [0.29, 0.717) is 5.92 Å². The summed E-state index contributed by atoms with van der Waals surface area (Å²) in [5.41, 5.74) is 0.0456. The maximum absolute atomic E-state index is 10.5. The average Bonchev–Trinajstić information content (AvgIpc) is 2.78. The van der Waals surface area contributed by atoms with Crippen LogP contribution in [0.3, 0.4) is 0 Å². The van der Waals surface area contributed by atoms with Gasteiger partial charge >= 0.3 is 5.69 Å². The van der Waals surface area contributed by atoms with E-state index in [-0.39, 0.29) is 18.3 Å². The number of aliphatic hydroxyl groups excluding tert-OH is 1. The van der Waals surface area contributed by atoms with Crippen LogP contribution >= 0.6 is 0 Å². The van der Waals surface area contributed by atoms with Crippen molar-refractivity contribution in [1.29, 1.82) is 0 Å². The number of nitro groups is 1. The predicted octanol–water partition coefficient (Wildman–Crippen LogP) is 1.51. The minimum Gasteiger partial charge on any atom is -0.396 e. The quantitative estimate of drug-likeness (QED) is 0.624. The zero-order valence-corrected chi connectivity index (χ0v) is 8.95. The Hall–Kier alpha value is -1.43. The van der Waals surface area contributed by atoms with Crippen LogP contribution in [0.15, 0.2) is 12.4 Å². The summed E-state index contributed by atoms with van der Waals surface area (Å²) in [5.74, 6) is 0.391. The van der Waals surface area contributed by atoms with E-state index in [1.807, 2.05) is 0 Å². The summed E-state index contributed by atoms with van der Waals surface area (Å²) < 4.78 is 1.69. The van der Waals surface area contributed by atoms with Gasteiger partial charge in [0.1, 0.15) is 12.4 Å². The summed E-state index contributed by atoms with van der Waals surface area (Å²) in [7, 11) is 0. The molecule has 6 nitrogen and oxygen atoms in total. The van der Waals surface area contributed by atoms with Crippen LogP contribution in [0, 0.1) is 16.0 Å². The Labute approximate surface area is 93.0 Å². The second kappa shape index (κ2) is 4.61. The van der Waals surface area contributed by atoms with Gasteiger partial charge in [-0.1, -0.05) is 0 Å². The van der Waals surface area contributed by atoms with Crippen molar-refractivity contribution in [3.05, 3.63) is 22.5 Å². The third-order valence-electron chi connectivity index (χ3n) is 3.25. The fraction of sp³-hybridized carbons (Fsp3) is 0.700. The van der Waals surface area contributed by atoms with Crippen LogP contribution in [-0.4, -0.2) is 26.4 Å². The molecule has 0 unspecified atom stereocenters. The Morgan fingerprint density at radius 3 is 2.69 bits per heavy atom. The van der Waals surface area contributed by atoms with Crippen molar-refractivity contribution in [1.82, 2.24) is 9.78 Å². The van der Waals surface area contributed by atoms with Crippen LogP contribution in [0.5, 0.6) is 0 Å². The van der Waals surface area contributed by atoms with Crippen molar-refractivity contribution >= 4 is 5.69 Å². The zero-order chi connectivity index (χ0) is 11.5. The number of rotatable bonds is 3. The summed E-state index contributed by atoms with van der Waals surface area (Å²) in [6, 6.07) is 0.247. The minimum absolute atomic E-state index is 0.0456. The van der Waals surface area contributed by atoms with Gasteiger partial charge in [-0.3, -0.25) is 14.8 Å². The Morgan fingerprint density at radius 1 is 1.50 bits per heavy atom. The molecule has 0 atom stereocenters. The highest BCUT2D eigenvalue weighted by molar-refractivity contribution is 5.21. The molecule has 1 aliphatic carbocycles. The molecule has 1 aromatic rings. The Bertz CT molecular complexity index is 369. The lowest BCUT2D eigenvalue weighted by Gasteiger charge is -2.27. The lowest BCUT2D eigenvalue weighted by Crippen LogP contribution is -2.20. The van der Waals surface area contributed by atoms with Gasteiger partial charge in [-0.25, -0.2) is 0 Å². The van der Waals surface area contributed by atoms with E-state index >= 15 is 0 Å². The maximum Gasteiger partial charge on any atom is 0.307 e. The molecule has 1 N–H and O–H groups in total. The Morgan fingerprint density at radius 2 is 2.19 bits per heavy atom. The first-order valence-electron chi connectivity index (χ1n) is 5.50. The number of aromatic nitrogens is 2. The van der Waals surface area contributed by atoms with E-state index in [2.05, 4.69) is 5.10 Å². The van der Waals surface area contributed by atoms with Crippen LogP contribution in [0.1, 0.15) is 31.7 Å². The van der Waals surface area contributed by atoms with Crippen molar-refractivity contribution in [3.8, 4) is 0 Å². The standard InChI is InChI=1S/C10H15N3O3/c14-7-8-1-3-9(4-2-8)12-6-10(5-11-12)13(15)16/h5-6,8-9,14H,1-4,7H2. The molecule has 0 radical (unpaired) electrons. The molecule has 0 saturated heterocycles. The minimum atomic E-state index is -0.428. The SMILES string of the molecule is O=[N+]([O-])c1cnn(C2CCC(CO)CC2)c1. The molecule has 0 amide bonds. The summed E-state index contributed by atoms with van der Waals surface area (Å²) in [4.78, 5) is 10.1. The van der Waals surface area contributed by atoms with Gasteiger partial charge in [0.25, 0.3) is 0 Å². The van der Waals surface area contributed by atoms with Gasteiger partial charge in [0, 0.05) is 6.61 Å². The first-order chi connectivity index (χ1) is 7.70. The predicted molar refractivity (Wildman–Crippen MR) is 57.0 cm³/mol. The highest BCUT2D eigenvalue weighted by atomic mass is 16.6. The lowest BCUT2D eigenvalue weighted by molar-refractivity contribution is -0.385. The first kappa shape index (κ1) is 11.1. The number of hydrogen-bond donors (Lipinski definition) is 1. The molecule has 1 fully saturated rings. The van der Waals surface area contributed by atoms with Gasteiger partial charge in [-0.15, -0.1) is 0 Å². The fourth-order valence-corrected chi connectivity index (χ4v) is 2.21. The summed E-state index contributed by atoms with van der Waals surface area (Å²) in [6.45, 7) is 0.242. The molecule has 88 valence electrons. The molecule has 2 rings (SSSR count). The molecule has 1 aromatic heterocycles. The monoisotopic (exact) mass is 225 g/mol. The first-order valence-corrected chi connectivity index (χ1v) is 5.50. The molecule has 1 heterocycles. The highest BCUT2D eigenvalue weighted by Gasteiger charge is 2.23. The van der Waals surface area contributed by atoms with Gasteiger partial charge in [-0.05, 0) is 31.6 Å². The fourth-order valence-electron chi connectivity index (χ4n) is 2.21. The molecular weight excluding hydrogens is 210 g/mol. The molecule has 0 aromatic carbocycles. The van der Waals surface area contributed by atoms with E-state index < -0.39 is 4.92 Å². The van der Waals surface area contributed by atoms with Gasteiger partial charge in [0.2, 0.25) is 0 Å². The maximum atomic E-state index is 10.5. The highest BCUT2D eigenvalue weighted by Crippen LogP contribution is 2.32. The Kier molecular flexibility index (Phi) is 3.19. The molecule has 1 aliphatic rings. The second-order valence-electron chi connectivity index (χ2n) is 4.29. The third-order valence-corrected chi connectivity index (χ3v) is 3.25. The van der Waals surface area contributed by atoms with Crippen LogP contribution in [0.2, 0.25) is 0 Å². The van der Waals surface area contributed by atoms with Crippen LogP contribution in [-0.2, 0) is 0 Å². The van der Waals surface area contributed by atoms with Crippen LogP contribution in [0.4, 0.5) is 5.69 Å². The average molecular weight is 225 g/mol. The topological polar surface area (TPSA) is 81.2 Å². The largest absolute Gasteiger partial charge is 0.396 e. The summed E-state index contributed by atoms with van der Waals surface area (Å²) in [6.07, 6.45) is 6.58. The van der Waals surface area contributed by atoms with Crippen molar-refractivity contribution in [3.63, 3.8) is 0 Å². The van der Waals surface area contributed by atoms with Gasteiger partial charge in [-0.2, -0.15) is 5.10 Å². The van der Waals surface area contributed by atoms with Crippen LogP contribution in [0.25, 0.3) is 0 Å². The smallest absolute Gasteiger partial charge is 0.307 e. The van der Waals surface area contributed by atoms with E-state index in [1.54, 1.807) is 4.68 Å². The molecule has 1 saturated carbocycles. The molecule has 6 heteroatoms. The van der Waals surface area contributed by atoms with Crippen molar-refractivity contribution in [2.24, 2.45) is 5.92 Å². The summed E-state index contributed by atoms with van der Waals surface area (Å²) >= 11 is 0. The van der Waals surface area contributed by atoms with Gasteiger partial charge < -0.3 is 5.11 Å². The molecule has 0 spiro atoms. The molecule has 16 heavy (non-hydrogen) atoms. The third kappa shape index (κ3) is 2.21. The summed E-state index contributed by atoms with van der Waals surface area (Å²) in [5, 5.41) is 23.6. The van der Waals surface area contributed by atoms with E-state index in [9.17, 15) is 10.1 Å². The van der Waals surface area contributed by atoms with Gasteiger partial charge in [0.15, 0.2) is 0 Å². The van der Waals surface area contributed by atoms with E-state index in [4.69, 9.17) is 5.11 Å². The van der Waals surface area contributed by atoms with E-state index in [1.165, 1.54) is 12.4 Å².